The van der Waals surface area contributed by atoms with Crippen LogP contribution in [0.15, 0.2) is 30.9 Å². The number of halogens is 2. The van der Waals surface area contributed by atoms with E-state index in [2.05, 4.69) is 16.6 Å². The molecule has 0 aromatic heterocycles. The lowest BCUT2D eigenvalue weighted by Crippen LogP contribution is -2.42. The second kappa shape index (κ2) is 8.92. The molecular formula is C16H19F2NO3. The zero-order valence-electron chi connectivity index (χ0n) is 12.4. The highest BCUT2D eigenvalue weighted by molar-refractivity contribution is 5.85. The molecular weight excluding hydrogens is 292 g/mol. The van der Waals surface area contributed by atoms with Crippen molar-refractivity contribution < 1.29 is 23.1 Å². The number of ether oxygens (including phenoxy) is 1. The second-order valence-corrected chi connectivity index (χ2v) is 4.78. The van der Waals surface area contributed by atoms with Crippen LogP contribution in [0.1, 0.15) is 24.8 Å². The van der Waals surface area contributed by atoms with Crippen molar-refractivity contribution in [3.63, 3.8) is 0 Å². The van der Waals surface area contributed by atoms with Gasteiger partial charge in [0.15, 0.2) is 0 Å². The number of hydrogen-bond donors (Lipinski definition) is 1. The number of carbonyl (C=O) groups excluding carboxylic acids is 2. The minimum atomic E-state index is -0.795. The first-order valence-electron chi connectivity index (χ1n) is 6.90. The first-order valence-corrected chi connectivity index (χ1v) is 6.90. The fourth-order valence-electron chi connectivity index (χ4n) is 1.94. The van der Waals surface area contributed by atoms with E-state index in [0.29, 0.717) is 25.3 Å². The van der Waals surface area contributed by atoms with Gasteiger partial charge in [-0.15, -0.1) is 6.58 Å². The number of methoxy groups -OCH3 is 1. The van der Waals surface area contributed by atoms with E-state index in [0.717, 1.165) is 6.07 Å². The lowest BCUT2D eigenvalue weighted by Gasteiger charge is -2.16. The normalized spacial score (nSPS) is 11.6. The summed E-state index contributed by atoms with van der Waals surface area (Å²) in [5.74, 6) is -2.59. The molecule has 0 aliphatic carbocycles. The summed E-state index contributed by atoms with van der Waals surface area (Å²) >= 11 is 0. The number of amides is 1. The SMILES string of the molecule is C=CCCC[C@H](NC(=O)Cc1ccc(F)cc1F)C(=O)OC. The maximum Gasteiger partial charge on any atom is 0.328 e. The van der Waals surface area contributed by atoms with Crippen molar-refractivity contribution in [2.24, 2.45) is 0 Å². The minimum absolute atomic E-state index is 0.0635. The maximum atomic E-state index is 13.5. The van der Waals surface area contributed by atoms with Crippen molar-refractivity contribution in [2.75, 3.05) is 7.11 Å². The monoisotopic (exact) mass is 311 g/mol. The predicted molar refractivity (Wildman–Crippen MR) is 78.1 cm³/mol. The highest BCUT2D eigenvalue weighted by Crippen LogP contribution is 2.11. The number of hydrogen-bond acceptors (Lipinski definition) is 3. The summed E-state index contributed by atoms with van der Waals surface area (Å²) in [6.45, 7) is 3.58. The third-order valence-electron chi connectivity index (χ3n) is 3.09. The molecule has 0 spiro atoms. The molecule has 1 aromatic carbocycles. The maximum absolute atomic E-state index is 13.5. The zero-order valence-corrected chi connectivity index (χ0v) is 12.4. The van der Waals surface area contributed by atoms with Crippen LogP contribution in [0.5, 0.6) is 0 Å². The molecule has 0 aliphatic rings. The lowest BCUT2D eigenvalue weighted by molar-refractivity contribution is -0.145. The molecule has 0 radical (unpaired) electrons. The summed E-state index contributed by atoms with van der Waals surface area (Å²) in [5, 5.41) is 2.51. The molecule has 22 heavy (non-hydrogen) atoms. The van der Waals surface area contributed by atoms with Gasteiger partial charge >= 0.3 is 5.97 Å². The topological polar surface area (TPSA) is 55.4 Å². The molecule has 1 aromatic rings. The number of nitrogens with one attached hydrogen (secondary N) is 1. The van der Waals surface area contributed by atoms with Gasteiger partial charge in [0, 0.05) is 6.07 Å². The Balaban J connectivity index is 2.65. The minimum Gasteiger partial charge on any atom is -0.467 e. The van der Waals surface area contributed by atoms with Crippen molar-refractivity contribution in [3.05, 3.63) is 48.1 Å². The van der Waals surface area contributed by atoms with Gasteiger partial charge in [-0.1, -0.05) is 12.1 Å². The van der Waals surface area contributed by atoms with Crippen molar-refractivity contribution in [3.8, 4) is 0 Å². The Morgan fingerprint density at radius 2 is 2.14 bits per heavy atom. The van der Waals surface area contributed by atoms with E-state index in [1.165, 1.54) is 13.2 Å². The standard InChI is InChI=1S/C16H19F2NO3/c1-3-4-5-6-14(16(21)22-2)19-15(20)9-11-7-8-12(17)10-13(11)18/h3,7-8,10,14H,1,4-6,9H2,2H3,(H,19,20)/t14-/m0/s1. The molecule has 0 fully saturated rings. The summed E-state index contributed by atoms with van der Waals surface area (Å²) in [4.78, 5) is 23.5. The quantitative estimate of drug-likeness (QED) is 0.456. The van der Waals surface area contributed by atoms with Crippen LogP contribution in [0.3, 0.4) is 0 Å². The largest absolute Gasteiger partial charge is 0.467 e. The molecule has 0 heterocycles. The third-order valence-corrected chi connectivity index (χ3v) is 3.09. The van der Waals surface area contributed by atoms with Crippen molar-refractivity contribution in [1.29, 1.82) is 0 Å². The van der Waals surface area contributed by atoms with Gasteiger partial charge in [0.1, 0.15) is 17.7 Å². The Labute approximate surface area is 128 Å². The summed E-state index contributed by atoms with van der Waals surface area (Å²) in [6.07, 6.45) is 3.20. The van der Waals surface area contributed by atoms with E-state index in [4.69, 9.17) is 0 Å². The number of unbranched alkanes of at least 4 members (excludes halogenated alkanes) is 1. The average molecular weight is 311 g/mol. The molecule has 1 atom stereocenters. The Kier molecular flexibility index (Phi) is 7.22. The Hall–Kier alpha value is -2.24. The van der Waals surface area contributed by atoms with Gasteiger partial charge in [0.05, 0.1) is 13.5 Å². The van der Waals surface area contributed by atoms with Gasteiger partial charge in [-0.3, -0.25) is 4.79 Å². The van der Waals surface area contributed by atoms with Crippen LogP contribution >= 0.6 is 0 Å². The van der Waals surface area contributed by atoms with Gasteiger partial charge < -0.3 is 10.1 Å². The van der Waals surface area contributed by atoms with Crippen LogP contribution in [0.4, 0.5) is 8.78 Å². The van der Waals surface area contributed by atoms with Crippen molar-refractivity contribution >= 4 is 11.9 Å². The summed E-state index contributed by atoms with van der Waals surface area (Å²) in [5.41, 5.74) is 0.0635. The van der Waals surface area contributed by atoms with Crippen LogP contribution in [0.2, 0.25) is 0 Å². The number of rotatable bonds is 8. The first kappa shape index (κ1) is 17.8. The highest BCUT2D eigenvalue weighted by atomic mass is 19.1. The van der Waals surface area contributed by atoms with Crippen LogP contribution in [0.25, 0.3) is 0 Å². The second-order valence-electron chi connectivity index (χ2n) is 4.78. The molecule has 4 nitrogen and oxygen atoms in total. The summed E-state index contributed by atoms with van der Waals surface area (Å²) < 4.78 is 30.9. The van der Waals surface area contributed by atoms with E-state index in [-0.39, 0.29) is 12.0 Å². The molecule has 1 N–H and O–H groups in total. The Bertz CT molecular complexity index is 546. The average Bonchev–Trinajstić information content (AvgIpc) is 2.48. The fraction of sp³-hybridized carbons (Fsp3) is 0.375. The van der Waals surface area contributed by atoms with Crippen molar-refractivity contribution in [1.82, 2.24) is 5.32 Å². The van der Waals surface area contributed by atoms with E-state index in [1.807, 2.05) is 0 Å². The van der Waals surface area contributed by atoms with E-state index in [9.17, 15) is 18.4 Å². The van der Waals surface area contributed by atoms with Gasteiger partial charge in [-0.2, -0.15) is 0 Å². The molecule has 0 bridgehead atoms. The number of benzene rings is 1. The van der Waals surface area contributed by atoms with Crippen LogP contribution in [0, 0.1) is 11.6 Å². The van der Waals surface area contributed by atoms with E-state index in [1.54, 1.807) is 6.08 Å². The van der Waals surface area contributed by atoms with Gasteiger partial charge in [-0.05, 0) is 30.9 Å². The summed E-state index contributed by atoms with van der Waals surface area (Å²) in [6, 6.07) is 2.20. The third kappa shape index (κ3) is 5.63. The molecule has 0 saturated carbocycles. The van der Waals surface area contributed by atoms with Gasteiger partial charge in [0.25, 0.3) is 0 Å². The summed E-state index contributed by atoms with van der Waals surface area (Å²) in [7, 11) is 1.23. The number of carbonyl (C=O) groups is 2. The molecule has 0 aliphatic heterocycles. The fourth-order valence-corrected chi connectivity index (χ4v) is 1.94. The Morgan fingerprint density at radius 3 is 2.73 bits per heavy atom. The number of esters is 1. The molecule has 0 saturated heterocycles. The van der Waals surface area contributed by atoms with Crippen molar-refractivity contribution in [2.45, 2.75) is 31.7 Å². The Morgan fingerprint density at radius 1 is 1.41 bits per heavy atom. The molecule has 1 rings (SSSR count). The van der Waals surface area contributed by atoms with Crippen LogP contribution in [-0.2, 0) is 20.7 Å². The first-order chi connectivity index (χ1) is 10.5. The molecule has 120 valence electrons. The molecule has 0 unspecified atom stereocenters. The number of allylic oxidation sites excluding steroid dienone is 1. The molecule has 6 heteroatoms. The van der Waals surface area contributed by atoms with Gasteiger partial charge in [0.2, 0.25) is 5.91 Å². The van der Waals surface area contributed by atoms with Crippen LogP contribution in [-0.4, -0.2) is 25.0 Å². The van der Waals surface area contributed by atoms with E-state index < -0.39 is 29.6 Å². The highest BCUT2D eigenvalue weighted by Gasteiger charge is 2.21. The molecule has 1 amide bonds. The smallest absolute Gasteiger partial charge is 0.328 e. The van der Waals surface area contributed by atoms with Crippen LogP contribution < -0.4 is 5.32 Å². The van der Waals surface area contributed by atoms with Gasteiger partial charge in [-0.25, -0.2) is 13.6 Å². The van der Waals surface area contributed by atoms with E-state index >= 15 is 0 Å². The zero-order chi connectivity index (χ0) is 16.5. The lowest BCUT2D eigenvalue weighted by atomic mass is 10.1. The predicted octanol–water partition coefficient (Wildman–Crippen LogP) is 2.52.